The fourth-order valence-corrected chi connectivity index (χ4v) is 5.41. The lowest BCUT2D eigenvalue weighted by Crippen LogP contribution is -2.40. The Balaban J connectivity index is 1.09. The molecule has 1 amide bonds. The highest BCUT2D eigenvalue weighted by atomic mass is 16.5. The molecule has 8 nitrogen and oxygen atoms in total. The molecule has 1 atom stereocenters. The first-order valence-corrected chi connectivity index (χ1v) is 13.1. The molecule has 3 heterocycles. The summed E-state index contributed by atoms with van der Waals surface area (Å²) in [6.45, 7) is 6.02. The number of anilines is 3. The van der Waals surface area contributed by atoms with Crippen molar-refractivity contribution in [3.8, 4) is 5.75 Å². The second-order valence-corrected chi connectivity index (χ2v) is 10.2. The highest BCUT2D eigenvalue weighted by Gasteiger charge is 2.32. The van der Waals surface area contributed by atoms with Gasteiger partial charge in [-0.3, -0.25) is 14.5 Å². The van der Waals surface area contributed by atoms with Crippen LogP contribution in [0.2, 0.25) is 0 Å². The van der Waals surface area contributed by atoms with Crippen LogP contribution in [0.25, 0.3) is 0 Å². The van der Waals surface area contributed by atoms with Crippen LogP contribution in [-0.4, -0.2) is 63.1 Å². The quantitative estimate of drug-likeness (QED) is 0.513. The number of benzene rings is 3. The molecule has 0 spiro atoms. The van der Waals surface area contributed by atoms with Gasteiger partial charge in [0.1, 0.15) is 18.5 Å². The Hall–Kier alpha value is -3.88. The van der Waals surface area contributed by atoms with E-state index in [1.807, 2.05) is 60.5 Å². The Morgan fingerprint density at radius 2 is 1.84 bits per heavy atom. The van der Waals surface area contributed by atoms with Gasteiger partial charge in [0.25, 0.3) is 5.91 Å². The maximum atomic E-state index is 13.1. The van der Waals surface area contributed by atoms with Gasteiger partial charge in [0.05, 0.1) is 37.7 Å². The number of fused-ring (bicyclic) bond motifs is 2. The van der Waals surface area contributed by atoms with Crippen molar-refractivity contribution in [2.45, 2.75) is 19.6 Å². The largest absolute Gasteiger partial charge is 0.486 e. The van der Waals surface area contributed by atoms with Gasteiger partial charge >= 0.3 is 0 Å². The molecule has 0 saturated carbocycles. The van der Waals surface area contributed by atoms with E-state index in [1.54, 1.807) is 0 Å². The van der Waals surface area contributed by atoms with Gasteiger partial charge in [0.15, 0.2) is 5.78 Å². The van der Waals surface area contributed by atoms with E-state index in [0.717, 1.165) is 52.4 Å². The fraction of sp³-hybridized carbons (Fsp3) is 0.333. The van der Waals surface area contributed by atoms with Gasteiger partial charge in [-0.05, 0) is 54.4 Å². The number of nitrogens with zero attached hydrogens (tertiary/aromatic N) is 3. The molecule has 1 unspecified atom stereocenters. The van der Waals surface area contributed by atoms with Crippen molar-refractivity contribution < 1.29 is 19.1 Å². The normalized spacial score (nSPS) is 18.8. The van der Waals surface area contributed by atoms with Crippen molar-refractivity contribution in [1.82, 2.24) is 4.90 Å². The lowest BCUT2D eigenvalue weighted by atomic mass is 10.1. The molecule has 0 aliphatic carbocycles. The highest BCUT2D eigenvalue weighted by Crippen LogP contribution is 2.43. The van der Waals surface area contributed by atoms with E-state index in [4.69, 9.17) is 9.47 Å². The molecule has 6 rings (SSSR count). The molecular formula is C30H32N4O4. The number of hydrogen-bond acceptors (Lipinski definition) is 7. The second kappa shape index (κ2) is 10.1. The Bertz CT molecular complexity index is 1370. The molecule has 1 saturated heterocycles. The SMILES string of the molecule is Cc1ccc2c(c1)CN(c1ccc3c(c1)N(C)C(c1ccc(OCC(=O)CN4CCOCC4)cc1)N3)C2=O. The molecule has 1 N–H and O–H groups in total. The summed E-state index contributed by atoms with van der Waals surface area (Å²) in [5.41, 5.74) is 7.06. The number of hydrogen-bond donors (Lipinski definition) is 1. The van der Waals surface area contributed by atoms with E-state index in [0.29, 0.717) is 32.1 Å². The number of morpholine rings is 1. The maximum Gasteiger partial charge on any atom is 0.258 e. The van der Waals surface area contributed by atoms with Crippen molar-refractivity contribution in [3.05, 3.63) is 82.9 Å². The number of carbonyl (C=O) groups excluding carboxylic acids is 2. The van der Waals surface area contributed by atoms with E-state index in [-0.39, 0.29) is 24.5 Å². The van der Waals surface area contributed by atoms with E-state index in [9.17, 15) is 9.59 Å². The summed E-state index contributed by atoms with van der Waals surface area (Å²) in [6.07, 6.45) is -0.0496. The zero-order chi connectivity index (χ0) is 26.2. The average molecular weight is 513 g/mol. The molecule has 0 radical (unpaired) electrons. The van der Waals surface area contributed by atoms with Crippen LogP contribution in [-0.2, 0) is 16.1 Å². The van der Waals surface area contributed by atoms with Gasteiger partial charge in [0.2, 0.25) is 0 Å². The number of carbonyl (C=O) groups is 2. The summed E-state index contributed by atoms with van der Waals surface area (Å²) in [4.78, 5) is 31.5. The van der Waals surface area contributed by atoms with E-state index < -0.39 is 0 Å². The van der Waals surface area contributed by atoms with Crippen molar-refractivity contribution in [3.63, 3.8) is 0 Å². The first-order valence-electron chi connectivity index (χ1n) is 13.1. The topological polar surface area (TPSA) is 74.3 Å². The van der Waals surface area contributed by atoms with Crippen molar-refractivity contribution >= 4 is 28.8 Å². The third-order valence-electron chi connectivity index (χ3n) is 7.52. The standard InChI is InChI=1S/C30H32N4O4/c1-20-3-9-26-22(15-20)17-34(30(26)36)23-6-10-27-28(16-23)32(2)29(31-27)21-4-7-25(8-5-21)38-19-24(35)18-33-11-13-37-14-12-33/h3-10,15-16,29,31H,11-14,17-19H2,1-2H3. The van der Waals surface area contributed by atoms with Gasteiger partial charge in [0, 0.05) is 31.4 Å². The molecule has 1 fully saturated rings. The highest BCUT2D eigenvalue weighted by molar-refractivity contribution is 6.10. The minimum absolute atomic E-state index is 0.0455. The summed E-state index contributed by atoms with van der Waals surface area (Å²) >= 11 is 0. The third-order valence-corrected chi connectivity index (χ3v) is 7.52. The summed E-state index contributed by atoms with van der Waals surface area (Å²) in [5, 5.41) is 3.58. The lowest BCUT2D eigenvalue weighted by molar-refractivity contribution is -0.123. The van der Waals surface area contributed by atoms with Crippen LogP contribution in [0, 0.1) is 6.92 Å². The van der Waals surface area contributed by atoms with E-state index in [2.05, 4.69) is 34.2 Å². The van der Waals surface area contributed by atoms with Crippen LogP contribution in [0.5, 0.6) is 5.75 Å². The molecular weight excluding hydrogens is 480 g/mol. The molecule has 3 aromatic rings. The molecule has 3 aliphatic rings. The van der Waals surface area contributed by atoms with Crippen LogP contribution in [0.3, 0.4) is 0 Å². The third kappa shape index (κ3) is 4.73. The minimum Gasteiger partial charge on any atom is -0.486 e. The Morgan fingerprint density at radius 1 is 1.05 bits per heavy atom. The van der Waals surface area contributed by atoms with Crippen LogP contribution in [0.15, 0.2) is 60.7 Å². The number of ketones is 1. The fourth-order valence-electron chi connectivity index (χ4n) is 5.41. The average Bonchev–Trinajstić information content (AvgIpc) is 3.44. The monoisotopic (exact) mass is 512 g/mol. The molecule has 196 valence electrons. The zero-order valence-electron chi connectivity index (χ0n) is 21.8. The summed E-state index contributed by atoms with van der Waals surface area (Å²) in [5.74, 6) is 0.783. The molecule has 3 aromatic carbocycles. The summed E-state index contributed by atoms with van der Waals surface area (Å²) in [6, 6.07) is 20.0. The van der Waals surface area contributed by atoms with Crippen molar-refractivity contribution in [2.24, 2.45) is 0 Å². The summed E-state index contributed by atoms with van der Waals surface area (Å²) < 4.78 is 11.1. The maximum absolute atomic E-state index is 13.1. The van der Waals surface area contributed by atoms with E-state index >= 15 is 0 Å². The molecule has 0 aromatic heterocycles. The van der Waals surface area contributed by atoms with Gasteiger partial charge < -0.3 is 24.6 Å². The number of rotatable bonds is 7. The first kappa shape index (κ1) is 24.5. The van der Waals surface area contributed by atoms with Crippen LogP contribution in [0.1, 0.15) is 33.2 Å². The van der Waals surface area contributed by atoms with Crippen molar-refractivity contribution in [2.75, 3.05) is 61.6 Å². The smallest absolute Gasteiger partial charge is 0.258 e. The van der Waals surface area contributed by atoms with E-state index in [1.165, 1.54) is 0 Å². The predicted molar refractivity (Wildman–Crippen MR) is 147 cm³/mol. The van der Waals surface area contributed by atoms with Crippen LogP contribution < -0.4 is 19.9 Å². The van der Waals surface area contributed by atoms with Gasteiger partial charge in [-0.1, -0.05) is 29.8 Å². The molecule has 3 aliphatic heterocycles. The van der Waals surface area contributed by atoms with Crippen LogP contribution >= 0.6 is 0 Å². The van der Waals surface area contributed by atoms with Crippen LogP contribution in [0.4, 0.5) is 17.1 Å². The summed E-state index contributed by atoms with van der Waals surface area (Å²) in [7, 11) is 2.05. The molecule has 38 heavy (non-hydrogen) atoms. The van der Waals surface area contributed by atoms with Gasteiger partial charge in [-0.2, -0.15) is 0 Å². The predicted octanol–water partition coefficient (Wildman–Crippen LogP) is 4.00. The number of aryl methyl sites for hydroxylation is 1. The van der Waals surface area contributed by atoms with Crippen molar-refractivity contribution in [1.29, 1.82) is 0 Å². The number of Topliss-reactive ketones (excluding diaryl/α,β-unsaturated/α-hetero) is 1. The Kier molecular flexibility index (Phi) is 6.51. The lowest BCUT2D eigenvalue weighted by Gasteiger charge is -2.25. The second-order valence-electron chi connectivity index (χ2n) is 10.2. The zero-order valence-corrected chi connectivity index (χ0v) is 21.8. The first-order chi connectivity index (χ1) is 18.5. The molecule has 8 heteroatoms. The number of nitrogens with one attached hydrogen (secondary N) is 1. The number of ether oxygens (including phenoxy) is 2. The number of amides is 1. The molecule has 0 bridgehead atoms. The van der Waals surface area contributed by atoms with Gasteiger partial charge in [-0.25, -0.2) is 0 Å². The minimum atomic E-state index is -0.0496. The Labute approximate surface area is 222 Å². The Morgan fingerprint density at radius 3 is 2.63 bits per heavy atom. The van der Waals surface area contributed by atoms with Gasteiger partial charge in [-0.15, -0.1) is 0 Å².